The van der Waals surface area contributed by atoms with Crippen LogP contribution in [0.1, 0.15) is 36.1 Å². The Bertz CT molecular complexity index is 1700. The van der Waals surface area contributed by atoms with Gasteiger partial charge in [0.1, 0.15) is 12.6 Å². The van der Waals surface area contributed by atoms with Gasteiger partial charge in [0.25, 0.3) is 10.0 Å². The van der Waals surface area contributed by atoms with E-state index in [-0.39, 0.29) is 29.7 Å². The lowest BCUT2D eigenvalue weighted by Crippen LogP contribution is -2.53. The maximum atomic E-state index is 14.5. The first kappa shape index (κ1) is 33.7. The molecule has 0 unspecified atom stereocenters. The fraction of sp³-hybridized carbons (Fsp3) is 0.278. The predicted octanol–water partition coefficient (Wildman–Crippen LogP) is 6.56. The summed E-state index contributed by atoms with van der Waals surface area (Å²) < 4.78 is 29.4. The molecule has 0 saturated heterocycles. The minimum atomic E-state index is -4.20. The molecule has 9 heteroatoms. The Hall–Kier alpha value is -4.14. The molecular formula is C36H40ClN3O4S. The van der Waals surface area contributed by atoms with E-state index in [1.807, 2.05) is 94.4 Å². The Kier molecular flexibility index (Phi) is 11.4. The van der Waals surface area contributed by atoms with Crippen LogP contribution in [0, 0.1) is 19.8 Å². The summed E-state index contributed by atoms with van der Waals surface area (Å²) in [5, 5.41) is 3.40. The van der Waals surface area contributed by atoms with Gasteiger partial charge in [-0.1, -0.05) is 92.2 Å². The first-order valence-corrected chi connectivity index (χ1v) is 16.8. The van der Waals surface area contributed by atoms with Crippen LogP contribution < -0.4 is 9.62 Å². The van der Waals surface area contributed by atoms with Crippen LogP contribution in [-0.2, 0) is 32.6 Å². The highest BCUT2D eigenvalue weighted by atomic mass is 35.5. The number of hydrogen-bond acceptors (Lipinski definition) is 4. The molecule has 0 aliphatic rings. The van der Waals surface area contributed by atoms with E-state index in [4.69, 9.17) is 11.6 Å². The van der Waals surface area contributed by atoms with Gasteiger partial charge in [0, 0.05) is 24.5 Å². The minimum absolute atomic E-state index is 0.00282. The third kappa shape index (κ3) is 8.96. The molecule has 4 rings (SSSR count). The molecule has 4 aromatic carbocycles. The third-order valence-corrected chi connectivity index (χ3v) is 9.65. The van der Waals surface area contributed by atoms with Gasteiger partial charge in [-0.3, -0.25) is 13.9 Å². The molecule has 0 spiro atoms. The average molecular weight is 646 g/mol. The highest BCUT2D eigenvalue weighted by Crippen LogP contribution is 2.27. The van der Waals surface area contributed by atoms with E-state index < -0.39 is 28.5 Å². The molecule has 0 saturated carbocycles. The molecule has 0 aromatic heterocycles. The second-order valence-corrected chi connectivity index (χ2v) is 13.9. The highest BCUT2D eigenvalue weighted by Gasteiger charge is 2.34. The maximum absolute atomic E-state index is 14.5. The third-order valence-electron chi connectivity index (χ3n) is 7.61. The lowest BCUT2D eigenvalue weighted by molar-refractivity contribution is -0.140. The van der Waals surface area contributed by atoms with Crippen molar-refractivity contribution >= 4 is 39.1 Å². The Balaban J connectivity index is 1.80. The number of carbonyl (C=O) groups is 2. The second-order valence-electron chi connectivity index (χ2n) is 11.6. The largest absolute Gasteiger partial charge is 0.354 e. The van der Waals surface area contributed by atoms with E-state index in [0.29, 0.717) is 17.3 Å². The number of halogens is 1. The Labute approximate surface area is 271 Å². The molecule has 1 N–H and O–H groups in total. The van der Waals surface area contributed by atoms with Crippen molar-refractivity contribution < 1.29 is 18.0 Å². The highest BCUT2D eigenvalue weighted by molar-refractivity contribution is 7.92. The van der Waals surface area contributed by atoms with Crippen molar-refractivity contribution in [3.8, 4) is 0 Å². The van der Waals surface area contributed by atoms with Crippen molar-refractivity contribution in [2.24, 2.45) is 5.92 Å². The van der Waals surface area contributed by atoms with Gasteiger partial charge in [0.15, 0.2) is 0 Å². The van der Waals surface area contributed by atoms with Crippen molar-refractivity contribution in [3.05, 3.63) is 130 Å². The lowest BCUT2D eigenvalue weighted by atomic mass is 10.0. The maximum Gasteiger partial charge on any atom is 0.264 e. The lowest BCUT2D eigenvalue weighted by Gasteiger charge is -2.34. The van der Waals surface area contributed by atoms with Gasteiger partial charge in [-0.05, 0) is 78.4 Å². The normalized spacial score (nSPS) is 12.0. The summed E-state index contributed by atoms with van der Waals surface area (Å²) in [5.41, 5.74) is 3.92. The topological polar surface area (TPSA) is 86.8 Å². The van der Waals surface area contributed by atoms with Crippen LogP contribution in [-0.4, -0.2) is 44.3 Å². The number of anilines is 1. The zero-order chi connectivity index (χ0) is 32.6. The number of nitrogens with zero attached hydrogens (tertiary/aromatic N) is 2. The summed E-state index contributed by atoms with van der Waals surface area (Å²) in [4.78, 5) is 29.8. The Morgan fingerprint density at radius 3 is 1.98 bits per heavy atom. The van der Waals surface area contributed by atoms with E-state index in [2.05, 4.69) is 5.32 Å². The molecule has 236 valence electrons. The van der Waals surface area contributed by atoms with E-state index >= 15 is 0 Å². The molecule has 4 aromatic rings. The number of carbonyl (C=O) groups excluding carboxylic acids is 2. The van der Waals surface area contributed by atoms with Gasteiger partial charge in [0.2, 0.25) is 11.8 Å². The van der Waals surface area contributed by atoms with Crippen molar-refractivity contribution in [3.63, 3.8) is 0 Å². The second kappa shape index (κ2) is 15.2. The molecule has 2 amide bonds. The van der Waals surface area contributed by atoms with Crippen LogP contribution in [0.2, 0.25) is 5.02 Å². The summed E-state index contributed by atoms with van der Waals surface area (Å²) in [5.74, 6) is -0.597. The zero-order valence-corrected chi connectivity index (χ0v) is 27.7. The summed E-state index contributed by atoms with van der Waals surface area (Å²) in [7, 11) is -4.20. The monoisotopic (exact) mass is 645 g/mol. The number of sulfonamides is 1. The summed E-state index contributed by atoms with van der Waals surface area (Å²) in [6.45, 7) is 7.89. The molecule has 0 aliphatic heterocycles. The summed E-state index contributed by atoms with van der Waals surface area (Å²) in [6, 6.07) is 29.2. The number of hydrogen-bond donors (Lipinski definition) is 1. The van der Waals surface area contributed by atoms with Crippen molar-refractivity contribution in [1.82, 2.24) is 10.2 Å². The summed E-state index contributed by atoms with van der Waals surface area (Å²) >= 11 is 6.07. The first-order chi connectivity index (χ1) is 21.5. The van der Waals surface area contributed by atoms with Gasteiger partial charge >= 0.3 is 0 Å². The fourth-order valence-corrected chi connectivity index (χ4v) is 6.43. The van der Waals surface area contributed by atoms with Crippen molar-refractivity contribution in [2.45, 2.75) is 51.6 Å². The van der Waals surface area contributed by atoms with Crippen LogP contribution >= 0.6 is 11.6 Å². The van der Waals surface area contributed by atoms with Crippen LogP contribution in [0.5, 0.6) is 0 Å². The molecule has 0 fully saturated rings. The van der Waals surface area contributed by atoms with Gasteiger partial charge in [-0.15, -0.1) is 0 Å². The quantitative estimate of drug-likeness (QED) is 0.178. The molecule has 45 heavy (non-hydrogen) atoms. The van der Waals surface area contributed by atoms with Crippen LogP contribution in [0.3, 0.4) is 0 Å². The van der Waals surface area contributed by atoms with Crippen LogP contribution in [0.4, 0.5) is 5.69 Å². The van der Waals surface area contributed by atoms with Crippen LogP contribution in [0.25, 0.3) is 0 Å². The Morgan fingerprint density at radius 1 is 0.800 bits per heavy atom. The summed E-state index contributed by atoms with van der Waals surface area (Å²) in [6.07, 6.45) is 0.261. The molecule has 1 atom stereocenters. The number of nitrogens with one attached hydrogen (secondary N) is 1. The standard InChI is InChI=1S/C36H40ClN3O4S/c1-26(2)23-38-36(42)34(22-29-11-7-5-8-12-29)39(24-30-13-9-6-10-14-30)35(41)25-40(32-18-15-27(3)28(4)21-32)45(43,44)33-19-16-31(37)17-20-33/h5-21,26,34H,22-25H2,1-4H3,(H,38,42)/t34-/m0/s1. The van der Waals surface area contributed by atoms with Gasteiger partial charge in [0.05, 0.1) is 10.6 Å². The predicted molar refractivity (Wildman–Crippen MR) is 181 cm³/mol. The fourth-order valence-electron chi connectivity index (χ4n) is 4.90. The first-order valence-electron chi connectivity index (χ1n) is 15.0. The molecule has 0 radical (unpaired) electrons. The zero-order valence-electron chi connectivity index (χ0n) is 26.1. The van der Waals surface area contributed by atoms with Crippen molar-refractivity contribution in [1.29, 1.82) is 0 Å². The minimum Gasteiger partial charge on any atom is -0.354 e. The molecular weight excluding hydrogens is 606 g/mol. The number of aryl methyl sites for hydroxylation is 2. The molecule has 7 nitrogen and oxygen atoms in total. The van der Waals surface area contributed by atoms with E-state index in [1.165, 1.54) is 29.2 Å². The Morgan fingerprint density at radius 2 is 1.40 bits per heavy atom. The molecule has 0 bridgehead atoms. The smallest absolute Gasteiger partial charge is 0.264 e. The average Bonchev–Trinajstić information content (AvgIpc) is 3.02. The van der Waals surface area contributed by atoms with Crippen LogP contribution in [0.15, 0.2) is 108 Å². The van der Waals surface area contributed by atoms with Gasteiger partial charge < -0.3 is 10.2 Å². The SMILES string of the molecule is Cc1ccc(N(CC(=O)N(Cc2ccccc2)[C@@H](Cc2ccccc2)C(=O)NCC(C)C)S(=O)(=O)c2ccc(Cl)cc2)cc1C. The van der Waals surface area contributed by atoms with Crippen molar-refractivity contribution in [2.75, 3.05) is 17.4 Å². The van der Waals surface area contributed by atoms with E-state index in [1.54, 1.807) is 12.1 Å². The number of benzene rings is 4. The molecule has 0 heterocycles. The van der Waals surface area contributed by atoms with Gasteiger partial charge in [-0.2, -0.15) is 0 Å². The molecule has 0 aliphatic carbocycles. The van der Waals surface area contributed by atoms with Gasteiger partial charge in [-0.25, -0.2) is 8.42 Å². The van der Waals surface area contributed by atoms with E-state index in [0.717, 1.165) is 26.6 Å². The number of rotatable bonds is 13. The van der Waals surface area contributed by atoms with E-state index in [9.17, 15) is 18.0 Å². The number of amides is 2.